The van der Waals surface area contributed by atoms with Crippen molar-refractivity contribution in [2.45, 2.75) is 13.0 Å². The normalized spacial score (nSPS) is 12.2. The zero-order valence-corrected chi connectivity index (χ0v) is 12.3. The molecule has 0 radical (unpaired) electrons. The van der Waals surface area contributed by atoms with E-state index < -0.39 is 0 Å². The van der Waals surface area contributed by atoms with Crippen LogP contribution in [0, 0.1) is 0 Å². The van der Waals surface area contributed by atoms with E-state index in [1.807, 2.05) is 13.0 Å². The summed E-state index contributed by atoms with van der Waals surface area (Å²) < 4.78 is 0.677. The van der Waals surface area contributed by atoms with Crippen LogP contribution >= 0.6 is 34.5 Å². The number of thiophene rings is 1. The molecule has 0 saturated carbocycles. The van der Waals surface area contributed by atoms with Crippen molar-refractivity contribution in [3.63, 3.8) is 0 Å². The maximum atomic E-state index is 12.1. The zero-order valence-electron chi connectivity index (χ0n) is 9.98. The Morgan fingerprint density at radius 2 is 2.11 bits per heavy atom. The number of rotatable bonds is 3. The van der Waals surface area contributed by atoms with Crippen LogP contribution in [-0.2, 0) is 0 Å². The highest BCUT2D eigenvalue weighted by Crippen LogP contribution is 2.27. The molecule has 2 aromatic heterocycles. The molecular weight excluding hydrogens is 305 g/mol. The number of nitrogen functional groups attached to an aromatic ring is 1. The first-order valence-corrected chi connectivity index (χ1v) is 7.02. The first kappa shape index (κ1) is 14.1. The third-order valence-electron chi connectivity index (χ3n) is 2.45. The molecule has 2 rings (SSSR count). The standard InChI is InChI=1S/C12H11Cl2N3OS/c1-6(8-3-4-9(14)19-8)16-12(18)11-7(13)2-5-10(15)17-11/h2-6H,1H3,(H2,15,17)(H,16,18). The number of carbonyl (C=O) groups excluding carboxylic acids is 1. The molecule has 0 fully saturated rings. The quantitative estimate of drug-likeness (QED) is 0.910. The van der Waals surface area contributed by atoms with Crippen molar-refractivity contribution in [2.24, 2.45) is 0 Å². The third kappa shape index (κ3) is 3.37. The molecule has 0 aliphatic carbocycles. The Labute approximate surface area is 124 Å². The van der Waals surface area contributed by atoms with Gasteiger partial charge in [-0.15, -0.1) is 11.3 Å². The van der Waals surface area contributed by atoms with Crippen LogP contribution in [0.2, 0.25) is 9.36 Å². The molecule has 0 aliphatic heterocycles. The first-order chi connectivity index (χ1) is 8.97. The minimum Gasteiger partial charge on any atom is -0.384 e. The number of aromatic nitrogens is 1. The topological polar surface area (TPSA) is 68.0 Å². The number of amides is 1. The number of carbonyl (C=O) groups is 1. The van der Waals surface area contributed by atoms with Gasteiger partial charge >= 0.3 is 0 Å². The lowest BCUT2D eigenvalue weighted by atomic mass is 10.2. The molecule has 1 amide bonds. The van der Waals surface area contributed by atoms with Gasteiger partial charge in [-0.25, -0.2) is 4.98 Å². The highest BCUT2D eigenvalue weighted by molar-refractivity contribution is 7.16. The molecule has 0 bridgehead atoms. The fourth-order valence-electron chi connectivity index (χ4n) is 1.51. The van der Waals surface area contributed by atoms with Gasteiger partial charge in [0, 0.05) is 4.88 Å². The van der Waals surface area contributed by atoms with E-state index in [9.17, 15) is 4.79 Å². The molecule has 1 atom stereocenters. The molecular formula is C12H11Cl2N3OS. The fraction of sp³-hybridized carbons (Fsp3) is 0.167. The second-order valence-corrected chi connectivity index (χ2v) is 6.06. The Balaban J connectivity index is 2.15. The van der Waals surface area contributed by atoms with Gasteiger partial charge in [-0.3, -0.25) is 4.79 Å². The largest absolute Gasteiger partial charge is 0.384 e. The summed E-state index contributed by atoms with van der Waals surface area (Å²) in [5.74, 6) is -0.115. The molecule has 4 nitrogen and oxygen atoms in total. The van der Waals surface area contributed by atoms with E-state index >= 15 is 0 Å². The Morgan fingerprint density at radius 3 is 2.74 bits per heavy atom. The smallest absolute Gasteiger partial charge is 0.272 e. The molecule has 1 unspecified atom stereocenters. The minimum absolute atomic E-state index is 0.121. The lowest BCUT2D eigenvalue weighted by Gasteiger charge is -2.12. The van der Waals surface area contributed by atoms with Crippen molar-refractivity contribution < 1.29 is 4.79 Å². The zero-order chi connectivity index (χ0) is 14.0. The highest BCUT2D eigenvalue weighted by atomic mass is 35.5. The number of anilines is 1. The molecule has 0 spiro atoms. The van der Waals surface area contributed by atoms with Gasteiger partial charge in [-0.1, -0.05) is 23.2 Å². The predicted molar refractivity (Wildman–Crippen MR) is 78.9 cm³/mol. The third-order valence-corrected chi connectivity index (χ3v) is 4.17. The van der Waals surface area contributed by atoms with Gasteiger partial charge in [0.15, 0.2) is 0 Å². The fourth-order valence-corrected chi connectivity index (χ4v) is 2.77. The van der Waals surface area contributed by atoms with Crippen molar-refractivity contribution in [1.82, 2.24) is 10.3 Å². The van der Waals surface area contributed by atoms with Crippen LogP contribution in [0.4, 0.5) is 5.82 Å². The van der Waals surface area contributed by atoms with Crippen molar-refractivity contribution in [3.05, 3.63) is 44.2 Å². The number of halogens is 2. The van der Waals surface area contributed by atoms with Crippen molar-refractivity contribution >= 4 is 46.3 Å². The van der Waals surface area contributed by atoms with Crippen molar-refractivity contribution in [3.8, 4) is 0 Å². The van der Waals surface area contributed by atoms with E-state index in [-0.39, 0.29) is 28.5 Å². The van der Waals surface area contributed by atoms with Gasteiger partial charge in [-0.2, -0.15) is 0 Å². The van der Waals surface area contributed by atoms with Crippen LogP contribution in [0.15, 0.2) is 24.3 Å². The van der Waals surface area contributed by atoms with Gasteiger partial charge in [0.05, 0.1) is 15.4 Å². The average Bonchev–Trinajstić information content (AvgIpc) is 2.79. The van der Waals surface area contributed by atoms with Crippen molar-refractivity contribution in [1.29, 1.82) is 0 Å². The summed E-state index contributed by atoms with van der Waals surface area (Å²) in [5.41, 5.74) is 5.67. The van der Waals surface area contributed by atoms with Crippen LogP contribution in [0.5, 0.6) is 0 Å². The summed E-state index contributed by atoms with van der Waals surface area (Å²) in [6.45, 7) is 1.86. The minimum atomic E-state index is -0.366. The summed E-state index contributed by atoms with van der Waals surface area (Å²) in [4.78, 5) is 17.0. The summed E-state index contributed by atoms with van der Waals surface area (Å²) in [6, 6.07) is 6.57. The SMILES string of the molecule is CC(NC(=O)c1nc(N)ccc1Cl)c1ccc(Cl)s1. The number of pyridine rings is 1. The molecule has 0 aromatic carbocycles. The molecule has 19 heavy (non-hydrogen) atoms. The monoisotopic (exact) mass is 315 g/mol. The van der Waals surface area contributed by atoms with Crippen LogP contribution in [0.25, 0.3) is 0 Å². The lowest BCUT2D eigenvalue weighted by molar-refractivity contribution is 0.0936. The van der Waals surface area contributed by atoms with Crippen LogP contribution in [0.3, 0.4) is 0 Å². The molecule has 100 valence electrons. The van der Waals surface area contributed by atoms with E-state index in [1.165, 1.54) is 11.3 Å². The number of nitrogens with two attached hydrogens (primary N) is 1. The number of nitrogens with one attached hydrogen (secondary N) is 1. The Morgan fingerprint density at radius 1 is 1.37 bits per heavy atom. The van der Waals surface area contributed by atoms with E-state index in [2.05, 4.69) is 10.3 Å². The Hall–Kier alpha value is -1.30. The Bertz CT molecular complexity index is 615. The van der Waals surface area contributed by atoms with E-state index in [1.54, 1.807) is 18.2 Å². The maximum Gasteiger partial charge on any atom is 0.272 e. The summed E-state index contributed by atoms with van der Waals surface area (Å²) in [7, 11) is 0. The molecule has 3 N–H and O–H groups in total. The van der Waals surface area contributed by atoms with Crippen LogP contribution in [-0.4, -0.2) is 10.9 Å². The highest BCUT2D eigenvalue weighted by Gasteiger charge is 2.17. The number of hydrogen-bond donors (Lipinski definition) is 2. The summed E-state index contributed by atoms with van der Waals surface area (Å²) in [5, 5.41) is 3.07. The van der Waals surface area contributed by atoms with E-state index in [0.717, 1.165) is 4.88 Å². The summed E-state index contributed by atoms with van der Waals surface area (Å²) >= 11 is 13.2. The van der Waals surface area contributed by atoms with Gasteiger partial charge in [0.25, 0.3) is 5.91 Å². The second kappa shape index (κ2) is 5.77. The van der Waals surface area contributed by atoms with E-state index in [4.69, 9.17) is 28.9 Å². The van der Waals surface area contributed by atoms with Gasteiger partial charge in [0.2, 0.25) is 0 Å². The van der Waals surface area contributed by atoms with Crippen LogP contribution < -0.4 is 11.1 Å². The predicted octanol–water partition coefficient (Wildman–Crippen LogP) is 3.52. The number of hydrogen-bond acceptors (Lipinski definition) is 4. The average molecular weight is 316 g/mol. The van der Waals surface area contributed by atoms with Crippen LogP contribution in [0.1, 0.15) is 28.3 Å². The maximum absolute atomic E-state index is 12.1. The molecule has 0 aliphatic rings. The first-order valence-electron chi connectivity index (χ1n) is 5.45. The lowest BCUT2D eigenvalue weighted by Crippen LogP contribution is -2.27. The van der Waals surface area contributed by atoms with Gasteiger partial charge < -0.3 is 11.1 Å². The molecule has 2 aromatic rings. The van der Waals surface area contributed by atoms with Crippen molar-refractivity contribution in [2.75, 3.05) is 5.73 Å². The van der Waals surface area contributed by atoms with Gasteiger partial charge in [0.1, 0.15) is 11.5 Å². The van der Waals surface area contributed by atoms with Gasteiger partial charge in [-0.05, 0) is 31.2 Å². The second-order valence-electron chi connectivity index (χ2n) is 3.90. The summed E-state index contributed by atoms with van der Waals surface area (Å²) in [6.07, 6.45) is 0. The number of nitrogens with zero attached hydrogens (tertiary/aromatic N) is 1. The Kier molecular flexibility index (Phi) is 4.29. The molecule has 0 saturated heterocycles. The van der Waals surface area contributed by atoms with E-state index in [0.29, 0.717) is 4.34 Å². The molecule has 7 heteroatoms. The molecule has 2 heterocycles.